The van der Waals surface area contributed by atoms with Gasteiger partial charge in [-0.15, -0.1) is 11.6 Å². The molecule has 0 spiro atoms. The number of unbranched alkanes of at least 4 members (excludes halogenated alkanes) is 3. The average Bonchev–Trinajstić information content (AvgIpc) is 2.66. The van der Waals surface area contributed by atoms with Crippen LogP contribution in [-0.4, -0.2) is 30.4 Å². The van der Waals surface area contributed by atoms with Gasteiger partial charge in [-0.1, -0.05) is 26.2 Å². The molecule has 0 radical (unpaired) electrons. The Hall–Kier alpha value is 0.250. The van der Waals surface area contributed by atoms with Crippen molar-refractivity contribution in [1.29, 1.82) is 0 Å². The molecule has 0 aromatic heterocycles. The van der Waals surface area contributed by atoms with Crippen LogP contribution < -0.4 is 0 Å². The smallest absolute Gasteiger partial charge is 0.0223 e. The third kappa shape index (κ3) is 5.77. The summed E-state index contributed by atoms with van der Waals surface area (Å²) in [4.78, 5) is 2.65. The first-order chi connectivity index (χ1) is 7.36. The first-order valence-electron chi connectivity index (χ1n) is 6.65. The summed E-state index contributed by atoms with van der Waals surface area (Å²) in [6.07, 6.45) is 9.47. The number of rotatable bonds is 8. The topological polar surface area (TPSA) is 3.24 Å². The quantitative estimate of drug-likeness (QED) is 0.452. The Balaban J connectivity index is 1.94. The van der Waals surface area contributed by atoms with Gasteiger partial charge in [-0.25, -0.2) is 0 Å². The zero-order valence-electron chi connectivity index (χ0n) is 10.2. The summed E-state index contributed by atoms with van der Waals surface area (Å²) in [7, 11) is 0. The third-order valence-electron chi connectivity index (χ3n) is 3.42. The minimum atomic E-state index is 0.836. The highest BCUT2D eigenvalue weighted by molar-refractivity contribution is 6.17. The first-order valence-corrected chi connectivity index (χ1v) is 7.18. The second kappa shape index (κ2) is 8.41. The van der Waals surface area contributed by atoms with Crippen molar-refractivity contribution >= 4 is 11.6 Å². The summed E-state index contributed by atoms with van der Waals surface area (Å²) in [6, 6.07) is 0. The summed E-state index contributed by atoms with van der Waals surface area (Å²) in [5.41, 5.74) is 0. The van der Waals surface area contributed by atoms with E-state index in [1.54, 1.807) is 0 Å². The highest BCUT2D eigenvalue weighted by Gasteiger charge is 2.20. The predicted octanol–water partition coefficient (Wildman–Crippen LogP) is 3.91. The molecule has 2 heteroatoms. The van der Waals surface area contributed by atoms with E-state index in [1.165, 1.54) is 64.6 Å². The van der Waals surface area contributed by atoms with Gasteiger partial charge in [0, 0.05) is 12.4 Å². The number of halogens is 1. The summed E-state index contributed by atoms with van der Waals surface area (Å²) < 4.78 is 0. The van der Waals surface area contributed by atoms with Crippen LogP contribution in [0.15, 0.2) is 0 Å². The molecule has 1 aliphatic heterocycles. The van der Waals surface area contributed by atoms with Crippen molar-refractivity contribution in [1.82, 2.24) is 4.90 Å². The molecule has 1 atom stereocenters. The van der Waals surface area contributed by atoms with Crippen LogP contribution in [0.25, 0.3) is 0 Å². The normalized spacial score (nSPS) is 22.4. The maximum absolute atomic E-state index is 5.65. The van der Waals surface area contributed by atoms with E-state index in [-0.39, 0.29) is 0 Å². The minimum Gasteiger partial charge on any atom is -0.303 e. The fourth-order valence-corrected chi connectivity index (χ4v) is 2.73. The van der Waals surface area contributed by atoms with E-state index in [0.29, 0.717) is 0 Å². The Morgan fingerprint density at radius 2 is 2.00 bits per heavy atom. The number of hydrogen-bond acceptors (Lipinski definition) is 1. The molecular formula is C13H26ClN. The fraction of sp³-hybridized carbons (Fsp3) is 1.00. The molecular weight excluding hydrogens is 206 g/mol. The van der Waals surface area contributed by atoms with Crippen molar-refractivity contribution in [3.63, 3.8) is 0 Å². The van der Waals surface area contributed by atoms with Crippen LogP contribution in [0.4, 0.5) is 0 Å². The molecule has 0 N–H and O–H groups in total. The summed E-state index contributed by atoms with van der Waals surface area (Å²) in [5, 5.41) is 0. The largest absolute Gasteiger partial charge is 0.303 e. The van der Waals surface area contributed by atoms with Crippen LogP contribution in [-0.2, 0) is 0 Å². The monoisotopic (exact) mass is 231 g/mol. The van der Waals surface area contributed by atoms with Gasteiger partial charge < -0.3 is 4.90 Å². The molecule has 0 aliphatic carbocycles. The van der Waals surface area contributed by atoms with E-state index < -0.39 is 0 Å². The van der Waals surface area contributed by atoms with Gasteiger partial charge in [0.25, 0.3) is 0 Å². The molecule has 90 valence electrons. The molecule has 0 aromatic rings. The lowest BCUT2D eigenvalue weighted by Crippen LogP contribution is -2.21. The Labute approximate surface area is 100 Å². The van der Waals surface area contributed by atoms with Crippen LogP contribution in [0, 0.1) is 5.92 Å². The van der Waals surface area contributed by atoms with E-state index in [1.807, 2.05) is 0 Å². The van der Waals surface area contributed by atoms with Crippen LogP contribution in [0.5, 0.6) is 0 Å². The molecule has 1 aliphatic rings. The highest BCUT2D eigenvalue weighted by atomic mass is 35.5. The minimum absolute atomic E-state index is 0.836. The molecule has 15 heavy (non-hydrogen) atoms. The number of hydrogen-bond donors (Lipinski definition) is 0. The Morgan fingerprint density at radius 3 is 2.73 bits per heavy atom. The maximum atomic E-state index is 5.65. The highest BCUT2D eigenvalue weighted by Crippen LogP contribution is 2.21. The van der Waals surface area contributed by atoms with E-state index in [4.69, 9.17) is 11.6 Å². The molecule has 1 fully saturated rings. The SMILES string of the molecule is CCCC1CCN(CCCCCCCl)C1. The Bertz CT molecular complexity index is 149. The second-order valence-electron chi connectivity index (χ2n) is 4.85. The first kappa shape index (κ1) is 13.3. The van der Waals surface area contributed by atoms with Crippen molar-refractivity contribution in [2.75, 3.05) is 25.5 Å². The molecule has 0 amide bonds. The molecule has 1 rings (SSSR count). The fourth-order valence-electron chi connectivity index (χ4n) is 2.54. The molecule has 1 unspecified atom stereocenters. The van der Waals surface area contributed by atoms with Crippen LogP contribution in [0.2, 0.25) is 0 Å². The molecule has 1 heterocycles. The zero-order valence-corrected chi connectivity index (χ0v) is 10.9. The van der Waals surface area contributed by atoms with Crippen LogP contribution >= 0.6 is 11.6 Å². The van der Waals surface area contributed by atoms with E-state index in [9.17, 15) is 0 Å². The van der Waals surface area contributed by atoms with Crippen molar-refractivity contribution in [3.05, 3.63) is 0 Å². The van der Waals surface area contributed by atoms with Crippen molar-refractivity contribution in [3.8, 4) is 0 Å². The van der Waals surface area contributed by atoms with Crippen molar-refractivity contribution in [2.45, 2.75) is 51.9 Å². The van der Waals surface area contributed by atoms with E-state index in [0.717, 1.165) is 11.8 Å². The van der Waals surface area contributed by atoms with E-state index >= 15 is 0 Å². The van der Waals surface area contributed by atoms with Gasteiger partial charge in [-0.05, 0) is 44.7 Å². The summed E-state index contributed by atoms with van der Waals surface area (Å²) >= 11 is 5.65. The molecule has 1 nitrogen and oxygen atoms in total. The average molecular weight is 232 g/mol. The summed E-state index contributed by atoms with van der Waals surface area (Å²) in [5.74, 6) is 1.83. The van der Waals surface area contributed by atoms with Crippen LogP contribution in [0.3, 0.4) is 0 Å². The number of nitrogens with zero attached hydrogens (tertiary/aromatic N) is 1. The third-order valence-corrected chi connectivity index (χ3v) is 3.69. The van der Waals surface area contributed by atoms with Gasteiger partial charge in [0.05, 0.1) is 0 Å². The lowest BCUT2D eigenvalue weighted by molar-refractivity contribution is 0.311. The van der Waals surface area contributed by atoms with Crippen molar-refractivity contribution < 1.29 is 0 Å². The van der Waals surface area contributed by atoms with Gasteiger partial charge in [-0.2, -0.15) is 0 Å². The van der Waals surface area contributed by atoms with Crippen LogP contribution in [0.1, 0.15) is 51.9 Å². The molecule has 0 bridgehead atoms. The molecule has 1 saturated heterocycles. The Morgan fingerprint density at radius 1 is 1.20 bits per heavy atom. The molecule has 0 aromatic carbocycles. The van der Waals surface area contributed by atoms with Gasteiger partial charge in [-0.3, -0.25) is 0 Å². The molecule has 0 saturated carbocycles. The van der Waals surface area contributed by atoms with Crippen molar-refractivity contribution in [2.24, 2.45) is 5.92 Å². The number of likely N-dealkylation sites (tertiary alicyclic amines) is 1. The van der Waals surface area contributed by atoms with Gasteiger partial charge in [0.15, 0.2) is 0 Å². The van der Waals surface area contributed by atoms with Gasteiger partial charge >= 0.3 is 0 Å². The number of alkyl halides is 1. The maximum Gasteiger partial charge on any atom is 0.0223 e. The lowest BCUT2D eigenvalue weighted by atomic mass is 10.0. The standard InChI is InChI=1S/C13H26ClN/c1-2-7-13-8-11-15(12-13)10-6-4-3-5-9-14/h13H,2-12H2,1H3. The zero-order chi connectivity index (χ0) is 10.9. The summed E-state index contributed by atoms with van der Waals surface area (Å²) in [6.45, 7) is 6.33. The van der Waals surface area contributed by atoms with E-state index in [2.05, 4.69) is 11.8 Å². The lowest BCUT2D eigenvalue weighted by Gasteiger charge is -2.15. The second-order valence-corrected chi connectivity index (χ2v) is 5.23. The Kier molecular flexibility index (Phi) is 7.46. The predicted molar refractivity (Wildman–Crippen MR) is 68.6 cm³/mol. The van der Waals surface area contributed by atoms with Gasteiger partial charge in [0.2, 0.25) is 0 Å². The van der Waals surface area contributed by atoms with Gasteiger partial charge in [0.1, 0.15) is 0 Å².